The molecule has 0 aliphatic rings. The number of H-pyrrole nitrogens is 1. The molecule has 136 valence electrons. The van der Waals surface area contributed by atoms with Gasteiger partial charge in [0.2, 0.25) is 0 Å². The molecule has 2 aromatic heterocycles. The van der Waals surface area contributed by atoms with Gasteiger partial charge in [-0.05, 0) is 31.7 Å². The lowest BCUT2D eigenvalue weighted by Crippen LogP contribution is -2.38. The van der Waals surface area contributed by atoms with E-state index in [0.29, 0.717) is 25.3 Å². The van der Waals surface area contributed by atoms with Crippen LogP contribution in [0.15, 0.2) is 46.1 Å². The van der Waals surface area contributed by atoms with E-state index in [0.717, 1.165) is 22.2 Å². The van der Waals surface area contributed by atoms with E-state index in [1.165, 1.54) is 10.6 Å². The number of aromatic amines is 1. The highest BCUT2D eigenvalue weighted by molar-refractivity contribution is 5.87. The van der Waals surface area contributed by atoms with E-state index in [1.807, 2.05) is 31.3 Å². The summed E-state index contributed by atoms with van der Waals surface area (Å²) < 4.78 is 6.60. The summed E-state index contributed by atoms with van der Waals surface area (Å²) >= 11 is 0. The van der Waals surface area contributed by atoms with Crippen molar-refractivity contribution in [3.8, 4) is 5.75 Å². The lowest BCUT2D eigenvalue weighted by atomic mass is 10.1. The molecule has 7 heteroatoms. The number of benzene rings is 1. The molecule has 0 amide bonds. The summed E-state index contributed by atoms with van der Waals surface area (Å²) in [4.78, 5) is 33.1. The quantitative estimate of drug-likeness (QED) is 0.726. The standard InChI is InChI=1S/C19H22N4O3/c1-13-11-17(24)23(19(25)21-13)10-9-22(2)12-14-6-7-16(26-3)18-15(14)5-4-8-20-18/h4-8,11H,9-10,12H2,1-3H3,(H,21,25). The van der Waals surface area contributed by atoms with Crippen LogP contribution in [0.25, 0.3) is 10.9 Å². The van der Waals surface area contributed by atoms with E-state index >= 15 is 0 Å². The molecular weight excluding hydrogens is 332 g/mol. The molecule has 0 fully saturated rings. The number of nitrogens with one attached hydrogen (secondary N) is 1. The van der Waals surface area contributed by atoms with E-state index in [-0.39, 0.29) is 11.2 Å². The summed E-state index contributed by atoms with van der Waals surface area (Å²) in [5.41, 5.74) is 1.86. The largest absolute Gasteiger partial charge is 0.494 e. The van der Waals surface area contributed by atoms with Crippen LogP contribution in [0.2, 0.25) is 0 Å². The van der Waals surface area contributed by atoms with Crippen molar-refractivity contribution < 1.29 is 4.74 Å². The van der Waals surface area contributed by atoms with E-state index in [4.69, 9.17) is 4.74 Å². The SMILES string of the molecule is COc1ccc(CN(C)CCn2c(=O)cc(C)[nH]c2=O)c2cccnc12. The number of hydrogen-bond donors (Lipinski definition) is 1. The Kier molecular flexibility index (Phi) is 5.18. The smallest absolute Gasteiger partial charge is 0.328 e. The minimum absolute atomic E-state index is 0.279. The Labute approximate surface area is 150 Å². The third kappa shape index (κ3) is 3.67. The fraction of sp³-hybridized carbons (Fsp3) is 0.316. The first-order chi connectivity index (χ1) is 12.5. The van der Waals surface area contributed by atoms with Crippen LogP contribution in [-0.2, 0) is 13.1 Å². The molecule has 7 nitrogen and oxygen atoms in total. The summed E-state index contributed by atoms with van der Waals surface area (Å²) in [6, 6.07) is 9.28. The fourth-order valence-corrected chi connectivity index (χ4v) is 3.00. The highest BCUT2D eigenvalue weighted by Gasteiger charge is 2.10. The maximum atomic E-state index is 12.0. The first kappa shape index (κ1) is 17.9. The molecular formula is C19H22N4O3. The van der Waals surface area contributed by atoms with Gasteiger partial charge in [0.15, 0.2) is 0 Å². The van der Waals surface area contributed by atoms with Gasteiger partial charge < -0.3 is 14.6 Å². The third-order valence-electron chi connectivity index (χ3n) is 4.34. The predicted molar refractivity (Wildman–Crippen MR) is 101 cm³/mol. The van der Waals surface area contributed by atoms with Crippen molar-refractivity contribution in [1.82, 2.24) is 19.4 Å². The molecule has 0 radical (unpaired) electrons. The van der Waals surface area contributed by atoms with Crippen LogP contribution in [0.4, 0.5) is 0 Å². The summed E-state index contributed by atoms with van der Waals surface area (Å²) in [6.45, 7) is 3.27. The van der Waals surface area contributed by atoms with Crippen molar-refractivity contribution in [3.05, 3.63) is 68.6 Å². The Hall–Kier alpha value is -2.93. The summed E-state index contributed by atoms with van der Waals surface area (Å²) in [7, 11) is 3.59. The number of likely N-dealkylation sites (N-methyl/N-ethyl adjacent to an activating group) is 1. The maximum Gasteiger partial charge on any atom is 0.328 e. The highest BCUT2D eigenvalue weighted by Crippen LogP contribution is 2.26. The zero-order valence-corrected chi connectivity index (χ0v) is 15.2. The molecule has 3 aromatic rings. The highest BCUT2D eigenvalue weighted by atomic mass is 16.5. The number of pyridine rings is 1. The minimum Gasteiger partial charge on any atom is -0.494 e. The number of aryl methyl sites for hydroxylation is 1. The van der Waals surface area contributed by atoms with E-state index in [1.54, 1.807) is 20.2 Å². The second kappa shape index (κ2) is 7.53. The first-order valence-corrected chi connectivity index (χ1v) is 8.39. The van der Waals surface area contributed by atoms with E-state index in [2.05, 4.69) is 14.9 Å². The number of rotatable bonds is 6. The first-order valence-electron chi connectivity index (χ1n) is 8.39. The lowest BCUT2D eigenvalue weighted by Gasteiger charge is -2.18. The van der Waals surface area contributed by atoms with Crippen molar-refractivity contribution in [3.63, 3.8) is 0 Å². The number of fused-ring (bicyclic) bond motifs is 1. The van der Waals surface area contributed by atoms with Gasteiger partial charge in [0, 0.05) is 43.0 Å². The van der Waals surface area contributed by atoms with Crippen LogP contribution >= 0.6 is 0 Å². The van der Waals surface area contributed by atoms with Crippen molar-refractivity contribution in [2.24, 2.45) is 0 Å². The molecule has 1 N–H and O–H groups in total. The van der Waals surface area contributed by atoms with Crippen molar-refractivity contribution >= 4 is 10.9 Å². The predicted octanol–water partition coefficient (Wildman–Crippen LogP) is 1.53. The Morgan fingerprint density at radius 1 is 1.27 bits per heavy atom. The van der Waals surface area contributed by atoms with Gasteiger partial charge in [-0.2, -0.15) is 0 Å². The topological polar surface area (TPSA) is 80.2 Å². The van der Waals surface area contributed by atoms with Crippen LogP contribution in [0.5, 0.6) is 5.75 Å². The zero-order chi connectivity index (χ0) is 18.7. The molecule has 0 saturated carbocycles. The minimum atomic E-state index is -0.373. The molecule has 0 unspecified atom stereocenters. The average Bonchev–Trinajstić information content (AvgIpc) is 2.61. The Balaban J connectivity index is 1.77. The van der Waals surface area contributed by atoms with Gasteiger partial charge >= 0.3 is 5.69 Å². The molecule has 0 saturated heterocycles. The second-order valence-electron chi connectivity index (χ2n) is 6.31. The van der Waals surface area contributed by atoms with Gasteiger partial charge in [-0.3, -0.25) is 14.3 Å². The maximum absolute atomic E-state index is 12.0. The van der Waals surface area contributed by atoms with Gasteiger partial charge in [0.25, 0.3) is 5.56 Å². The number of hydrogen-bond acceptors (Lipinski definition) is 5. The van der Waals surface area contributed by atoms with E-state index < -0.39 is 0 Å². The normalized spacial score (nSPS) is 11.2. The van der Waals surface area contributed by atoms with Crippen LogP contribution in [0.1, 0.15) is 11.3 Å². The van der Waals surface area contributed by atoms with Crippen molar-refractivity contribution in [2.45, 2.75) is 20.0 Å². The molecule has 2 heterocycles. The van der Waals surface area contributed by atoms with Crippen LogP contribution in [0.3, 0.4) is 0 Å². The molecule has 0 atom stereocenters. The van der Waals surface area contributed by atoms with Gasteiger partial charge in [-0.1, -0.05) is 12.1 Å². The van der Waals surface area contributed by atoms with Crippen molar-refractivity contribution in [2.75, 3.05) is 20.7 Å². The summed E-state index contributed by atoms with van der Waals surface area (Å²) in [5, 5.41) is 1.03. The molecule has 1 aromatic carbocycles. The third-order valence-corrected chi connectivity index (χ3v) is 4.34. The molecule has 0 aliphatic heterocycles. The molecule has 26 heavy (non-hydrogen) atoms. The molecule has 0 aliphatic carbocycles. The van der Waals surface area contributed by atoms with Crippen LogP contribution in [0, 0.1) is 6.92 Å². The molecule has 0 bridgehead atoms. The number of ether oxygens (including phenoxy) is 1. The monoisotopic (exact) mass is 354 g/mol. The number of methoxy groups -OCH3 is 1. The summed E-state index contributed by atoms with van der Waals surface area (Å²) in [6.07, 6.45) is 1.74. The number of nitrogens with zero attached hydrogens (tertiary/aromatic N) is 3. The number of aromatic nitrogens is 3. The summed E-state index contributed by atoms with van der Waals surface area (Å²) in [5.74, 6) is 0.741. The van der Waals surface area contributed by atoms with Gasteiger partial charge in [0.1, 0.15) is 11.3 Å². The zero-order valence-electron chi connectivity index (χ0n) is 15.2. The van der Waals surface area contributed by atoms with E-state index in [9.17, 15) is 9.59 Å². The Bertz CT molecular complexity index is 1010. The Morgan fingerprint density at radius 3 is 2.81 bits per heavy atom. The van der Waals surface area contributed by atoms with Gasteiger partial charge in [-0.25, -0.2) is 4.79 Å². The van der Waals surface area contributed by atoms with Gasteiger partial charge in [-0.15, -0.1) is 0 Å². The molecule has 3 rings (SSSR count). The average molecular weight is 354 g/mol. The van der Waals surface area contributed by atoms with Crippen molar-refractivity contribution in [1.29, 1.82) is 0 Å². The lowest BCUT2D eigenvalue weighted by molar-refractivity contribution is 0.308. The van der Waals surface area contributed by atoms with Crippen LogP contribution < -0.4 is 16.0 Å². The van der Waals surface area contributed by atoms with Crippen LogP contribution in [-0.4, -0.2) is 40.1 Å². The van der Waals surface area contributed by atoms with Gasteiger partial charge in [0.05, 0.1) is 7.11 Å². The fourth-order valence-electron chi connectivity index (χ4n) is 3.00. The second-order valence-corrected chi connectivity index (χ2v) is 6.31. The molecule has 0 spiro atoms. The Morgan fingerprint density at radius 2 is 2.08 bits per heavy atom.